The van der Waals surface area contributed by atoms with E-state index in [1.54, 1.807) is 7.11 Å². The molecule has 114 valence electrons. The summed E-state index contributed by atoms with van der Waals surface area (Å²) in [6.45, 7) is 4.16. The van der Waals surface area contributed by atoms with E-state index >= 15 is 0 Å². The lowest BCUT2D eigenvalue weighted by Gasteiger charge is -2.38. The van der Waals surface area contributed by atoms with E-state index in [9.17, 15) is 4.79 Å². The van der Waals surface area contributed by atoms with Gasteiger partial charge in [0.1, 0.15) is 5.75 Å². The fourth-order valence-electron chi connectivity index (χ4n) is 3.29. The highest BCUT2D eigenvalue weighted by Crippen LogP contribution is 2.31. The molecule has 0 aliphatic carbocycles. The first kappa shape index (κ1) is 14.4. The van der Waals surface area contributed by atoms with Crippen molar-refractivity contribution in [3.63, 3.8) is 0 Å². The molecule has 2 aliphatic rings. The Morgan fingerprint density at radius 3 is 2.81 bits per heavy atom. The van der Waals surface area contributed by atoms with E-state index in [1.807, 2.05) is 23.1 Å². The summed E-state index contributed by atoms with van der Waals surface area (Å²) in [5.74, 6) is 1.26. The fraction of sp³-hybridized carbons (Fsp3) is 0.562. The minimum atomic E-state index is 0.0583. The molecule has 5 heteroatoms. The zero-order valence-corrected chi connectivity index (χ0v) is 12.5. The van der Waals surface area contributed by atoms with Crippen LogP contribution in [-0.2, 0) is 4.79 Å². The standard InChI is InChI=1S/C16H23N3O2/c1-21-15-5-3-2-4-13(15)14-11-18-8-9-19(14)16(20)12-6-7-17-10-12/h2-5,12,14,17-18H,6-11H2,1H3. The van der Waals surface area contributed by atoms with Gasteiger partial charge in [0.25, 0.3) is 0 Å². The van der Waals surface area contributed by atoms with Crippen molar-refractivity contribution in [2.24, 2.45) is 5.92 Å². The molecule has 0 aromatic heterocycles. The van der Waals surface area contributed by atoms with Crippen molar-refractivity contribution in [3.05, 3.63) is 29.8 Å². The van der Waals surface area contributed by atoms with Gasteiger partial charge in [-0.2, -0.15) is 0 Å². The normalized spacial score (nSPS) is 25.9. The quantitative estimate of drug-likeness (QED) is 0.863. The van der Waals surface area contributed by atoms with Crippen LogP contribution in [0.5, 0.6) is 5.75 Å². The molecule has 5 nitrogen and oxygen atoms in total. The van der Waals surface area contributed by atoms with Gasteiger partial charge in [-0.25, -0.2) is 0 Å². The number of hydrogen-bond donors (Lipinski definition) is 2. The maximum absolute atomic E-state index is 12.8. The zero-order valence-electron chi connectivity index (χ0n) is 12.5. The van der Waals surface area contributed by atoms with Gasteiger partial charge in [-0.3, -0.25) is 4.79 Å². The number of nitrogens with zero attached hydrogens (tertiary/aromatic N) is 1. The van der Waals surface area contributed by atoms with Crippen LogP contribution < -0.4 is 15.4 Å². The molecule has 0 bridgehead atoms. The summed E-state index contributed by atoms with van der Waals surface area (Å²) in [6, 6.07) is 8.05. The first-order chi connectivity index (χ1) is 10.3. The maximum atomic E-state index is 12.8. The fourth-order valence-corrected chi connectivity index (χ4v) is 3.29. The monoisotopic (exact) mass is 289 g/mol. The average molecular weight is 289 g/mol. The Kier molecular flexibility index (Phi) is 4.41. The van der Waals surface area contributed by atoms with Gasteiger partial charge >= 0.3 is 0 Å². The second kappa shape index (κ2) is 6.45. The molecule has 0 radical (unpaired) electrons. The molecule has 2 saturated heterocycles. The van der Waals surface area contributed by atoms with Gasteiger partial charge in [-0.15, -0.1) is 0 Å². The van der Waals surface area contributed by atoms with Gasteiger partial charge in [0, 0.05) is 31.7 Å². The third kappa shape index (κ3) is 2.89. The van der Waals surface area contributed by atoms with Crippen molar-refractivity contribution in [1.82, 2.24) is 15.5 Å². The Balaban J connectivity index is 1.85. The number of piperazine rings is 1. The smallest absolute Gasteiger partial charge is 0.227 e. The Hall–Kier alpha value is -1.59. The van der Waals surface area contributed by atoms with Crippen molar-refractivity contribution in [2.45, 2.75) is 12.5 Å². The highest BCUT2D eigenvalue weighted by atomic mass is 16.5. The molecule has 1 aromatic rings. The second-order valence-corrected chi connectivity index (χ2v) is 5.68. The molecular formula is C16H23N3O2. The molecular weight excluding hydrogens is 266 g/mol. The maximum Gasteiger partial charge on any atom is 0.227 e. The van der Waals surface area contributed by atoms with Crippen LogP contribution in [0.25, 0.3) is 0 Å². The van der Waals surface area contributed by atoms with Crippen LogP contribution in [0.1, 0.15) is 18.0 Å². The van der Waals surface area contributed by atoms with Gasteiger partial charge < -0.3 is 20.3 Å². The second-order valence-electron chi connectivity index (χ2n) is 5.68. The molecule has 0 saturated carbocycles. The average Bonchev–Trinajstić information content (AvgIpc) is 3.08. The SMILES string of the molecule is COc1ccccc1C1CNCCN1C(=O)C1CCNC1. The molecule has 2 fully saturated rings. The lowest BCUT2D eigenvalue weighted by atomic mass is 9.99. The topological polar surface area (TPSA) is 53.6 Å². The first-order valence-electron chi connectivity index (χ1n) is 7.66. The molecule has 2 atom stereocenters. The van der Waals surface area contributed by atoms with Crippen LogP contribution in [0.4, 0.5) is 0 Å². The highest BCUT2D eigenvalue weighted by Gasteiger charge is 2.34. The number of carbonyl (C=O) groups excluding carboxylic acids is 1. The van der Waals surface area contributed by atoms with Crippen LogP contribution in [0, 0.1) is 5.92 Å². The third-order valence-electron chi connectivity index (χ3n) is 4.43. The predicted molar refractivity (Wildman–Crippen MR) is 81.3 cm³/mol. The van der Waals surface area contributed by atoms with Crippen molar-refractivity contribution in [1.29, 1.82) is 0 Å². The molecule has 1 amide bonds. The van der Waals surface area contributed by atoms with E-state index in [0.29, 0.717) is 0 Å². The predicted octanol–water partition coefficient (Wildman–Crippen LogP) is 0.778. The van der Waals surface area contributed by atoms with Gasteiger partial charge in [0.2, 0.25) is 5.91 Å². The van der Waals surface area contributed by atoms with E-state index < -0.39 is 0 Å². The largest absolute Gasteiger partial charge is 0.496 e. The number of methoxy groups -OCH3 is 1. The molecule has 2 aliphatic heterocycles. The number of amides is 1. The van der Waals surface area contributed by atoms with E-state index in [2.05, 4.69) is 16.7 Å². The number of para-hydroxylation sites is 1. The summed E-state index contributed by atoms with van der Waals surface area (Å²) in [4.78, 5) is 14.8. The van der Waals surface area contributed by atoms with Crippen molar-refractivity contribution in [2.75, 3.05) is 39.8 Å². The van der Waals surface area contributed by atoms with Crippen molar-refractivity contribution in [3.8, 4) is 5.75 Å². The Bertz CT molecular complexity index is 500. The van der Waals surface area contributed by atoms with E-state index in [0.717, 1.165) is 50.5 Å². The van der Waals surface area contributed by atoms with Crippen LogP contribution in [0.15, 0.2) is 24.3 Å². The summed E-state index contributed by atoms with van der Waals surface area (Å²) in [7, 11) is 1.68. The molecule has 3 rings (SSSR count). The van der Waals surface area contributed by atoms with Crippen LogP contribution in [-0.4, -0.2) is 50.6 Å². The number of rotatable bonds is 3. The number of nitrogens with one attached hydrogen (secondary N) is 2. The summed E-state index contributed by atoms with van der Waals surface area (Å²) < 4.78 is 5.47. The van der Waals surface area contributed by atoms with Crippen LogP contribution in [0.2, 0.25) is 0 Å². The highest BCUT2D eigenvalue weighted by molar-refractivity contribution is 5.80. The molecule has 2 heterocycles. The van der Waals surface area contributed by atoms with E-state index in [4.69, 9.17) is 4.74 Å². The zero-order chi connectivity index (χ0) is 14.7. The van der Waals surface area contributed by atoms with E-state index in [-0.39, 0.29) is 17.9 Å². The lowest BCUT2D eigenvalue weighted by molar-refractivity contribution is -0.138. The summed E-state index contributed by atoms with van der Waals surface area (Å²) >= 11 is 0. The Morgan fingerprint density at radius 1 is 1.24 bits per heavy atom. The molecule has 21 heavy (non-hydrogen) atoms. The Morgan fingerprint density at radius 2 is 2.05 bits per heavy atom. The van der Waals surface area contributed by atoms with Crippen LogP contribution in [0.3, 0.4) is 0 Å². The van der Waals surface area contributed by atoms with Gasteiger partial charge in [0.15, 0.2) is 0 Å². The van der Waals surface area contributed by atoms with Gasteiger partial charge in [-0.1, -0.05) is 18.2 Å². The van der Waals surface area contributed by atoms with Crippen LogP contribution >= 0.6 is 0 Å². The minimum absolute atomic E-state index is 0.0583. The van der Waals surface area contributed by atoms with Gasteiger partial charge in [0.05, 0.1) is 19.1 Å². The number of benzene rings is 1. The third-order valence-corrected chi connectivity index (χ3v) is 4.43. The minimum Gasteiger partial charge on any atom is -0.496 e. The summed E-state index contributed by atoms with van der Waals surface area (Å²) in [5.41, 5.74) is 1.09. The molecule has 1 aromatic carbocycles. The number of carbonyl (C=O) groups is 1. The Labute approximate surface area is 125 Å². The molecule has 2 N–H and O–H groups in total. The lowest BCUT2D eigenvalue weighted by Crippen LogP contribution is -2.50. The number of ether oxygens (including phenoxy) is 1. The first-order valence-corrected chi connectivity index (χ1v) is 7.66. The van der Waals surface area contributed by atoms with Crippen molar-refractivity contribution < 1.29 is 9.53 Å². The summed E-state index contributed by atoms with van der Waals surface area (Å²) in [5, 5.41) is 6.68. The summed E-state index contributed by atoms with van der Waals surface area (Å²) in [6.07, 6.45) is 0.946. The number of hydrogen-bond acceptors (Lipinski definition) is 4. The molecule has 2 unspecified atom stereocenters. The van der Waals surface area contributed by atoms with Crippen molar-refractivity contribution >= 4 is 5.91 Å². The van der Waals surface area contributed by atoms with E-state index in [1.165, 1.54) is 0 Å². The van der Waals surface area contributed by atoms with Gasteiger partial charge in [-0.05, 0) is 19.0 Å². The molecule has 0 spiro atoms.